The van der Waals surface area contributed by atoms with Gasteiger partial charge < -0.3 is 4.90 Å². The number of nitrogens with zero attached hydrogens (tertiary/aromatic N) is 1. The molecule has 0 spiro atoms. The Balaban J connectivity index is 1.92. The number of hydrogen-bond acceptors (Lipinski definition) is 1. The molecular weight excluding hydrogens is 188 g/mol. The maximum Gasteiger partial charge on any atom is 0.260 e. The molecule has 0 N–H and O–H groups in total. The molecule has 0 radical (unpaired) electrons. The van der Waals surface area contributed by atoms with Crippen molar-refractivity contribution in [3.05, 3.63) is 0 Å². The third-order valence-electron chi connectivity index (χ3n) is 3.09. The number of likely N-dealkylation sites (tertiary alicyclic amines) is 1. The Hall–Kier alpha value is -0.670. The quantitative estimate of drug-likeness (QED) is 0.637. The van der Waals surface area contributed by atoms with Gasteiger partial charge in [-0.25, -0.2) is 8.78 Å². The Labute approximate surface area is 82.3 Å². The number of rotatable bonds is 1. The van der Waals surface area contributed by atoms with E-state index in [-0.39, 0.29) is 12.3 Å². The lowest BCUT2D eigenvalue weighted by Gasteiger charge is -2.31. The van der Waals surface area contributed by atoms with Gasteiger partial charge in [-0.05, 0) is 18.8 Å². The van der Waals surface area contributed by atoms with Gasteiger partial charge in [0.25, 0.3) is 5.92 Å². The first-order chi connectivity index (χ1) is 6.50. The first-order valence-electron chi connectivity index (χ1n) is 5.17. The third kappa shape index (κ3) is 1.74. The number of carbonyl (C=O) groups excluding carboxylic acids is 1. The predicted molar refractivity (Wildman–Crippen MR) is 48.0 cm³/mol. The minimum absolute atomic E-state index is 0.239. The van der Waals surface area contributed by atoms with Crippen LogP contribution in [0.25, 0.3) is 0 Å². The molecular formula is C10H15F2NO. The van der Waals surface area contributed by atoms with E-state index in [1.165, 1.54) is 0 Å². The van der Waals surface area contributed by atoms with Crippen LogP contribution in [0, 0.1) is 11.8 Å². The van der Waals surface area contributed by atoms with Gasteiger partial charge in [-0.15, -0.1) is 0 Å². The van der Waals surface area contributed by atoms with Crippen LogP contribution in [-0.2, 0) is 4.79 Å². The van der Waals surface area contributed by atoms with Crippen LogP contribution in [0.2, 0.25) is 0 Å². The molecule has 4 heteroatoms. The van der Waals surface area contributed by atoms with Crippen LogP contribution >= 0.6 is 0 Å². The second-order valence-corrected chi connectivity index (χ2v) is 4.55. The van der Waals surface area contributed by atoms with Crippen molar-refractivity contribution >= 4 is 5.91 Å². The number of alkyl halides is 2. The van der Waals surface area contributed by atoms with Gasteiger partial charge in [0.15, 0.2) is 0 Å². The van der Waals surface area contributed by atoms with E-state index in [2.05, 4.69) is 6.92 Å². The van der Waals surface area contributed by atoms with E-state index in [4.69, 9.17) is 0 Å². The predicted octanol–water partition coefficient (Wildman–Crippen LogP) is 1.90. The Morgan fingerprint density at radius 2 is 2.14 bits per heavy atom. The first kappa shape index (κ1) is 9.87. The maximum absolute atomic E-state index is 12.7. The maximum atomic E-state index is 12.7. The van der Waals surface area contributed by atoms with Crippen molar-refractivity contribution in [2.75, 3.05) is 13.1 Å². The minimum Gasteiger partial charge on any atom is -0.342 e. The smallest absolute Gasteiger partial charge is 0.260 e. The second kappa shape index (κ2) is 3.17. The van der Waals surface area contributed by atoms with Crippen molar-refractivity contribution < 1.29 is 13.6 Å². The van der Waals surface area contributed by atoms with E-state index in [1.807, 2.05) is 0 Å². The van der Waals surface area contributed by atoms with E-state index < -0.39 is 11.8 Å². The molecule has 2 atom stereocenters. The SMILES string of the molecule is CC1CCCN(C(=O)C2CC2(F)F)C1. The summed E-state index contributed by atoms with van der Waals surface area (Å²) in [6.45, 7) is 3.38. The van der Waals surface area contributed by atoms with Crippen molar-refractivity contribution in [2.45, 2.75) is 32.1 Å². The summed E-state index contributed by atoms with van der Waals surface area (Å²) in [5, 5.41) is 0. The van der Waals surface area contributed by atoms with Crippen molar-refractivity contribution in [1.29, 1.82) is 0 Å². The van der Waals surface area contributed by atoms with Crippen molar-refractivity contribution in [2.24, 2.45) is 11.8 Å². The van der Waals surface area contributed by atoms with Gasteiger partial charge in [-0.3, -0.25) is 4.79 Å². The van der Waals surface area contributed by atoms with E-state index in [0.29, 0.717) is 19.0 Å². The average molecular weight is 203 g/mol. The van der Waals surface area contributed by atoms with Crippen LogP contribution in [0.5, 0.6) is 0 Å². The van der Waals surface area contributed by atoms with Crippen molar-refractivity contribution in [3.8, 4) is 0 Å². The molecule has 0 aromatic carbocycles. The lowest BCUT2D eigenvalue weighted by Crippen LogP contribution is -2.40. The molecule has 0 aromatic heterocycles. The van der Waals surface area contributed by atoms with E-state index >= 15 is 0 Å². The number of piperidine rings is 1. The second-order valence-electron chi connectivity index (χ2n) is 4.55. The summed E-state index contributed by atoms with van der Waals surface area (Å²) in [7, 11) is 0. The zero-order valence-electron chi connectivity index (χ0n) is 8.30. The van der Waals surface area contributed by atoms with Gasteiger partial charge in [0, 0.05) is 19.5 Å². The zero-order valence-corrected chi connectivity index (χ0v) is 8.30. The van der Waals surface area contributed by atoms with Crippen LogP contribution in [0.4, 0.5) is 8.78 Å². The molecule has 1 saturated heterocycles. The molecule has 1 aliphatic carbocycles. The van der Waals surface area contributed by atoms with Gasteiger partial charge >= 0.3 is 0 Å². The largest absolute Gasteiger partial charge is 0.342 e. The molecule has 1 amide bonds. The molecule has 2 aliphatic rings. The van der Waals surface area contributed by atoms with E-state index in [9.17, 15) is 13.6 Å². The normalized spacial score (nSPS) is 35.5. The molecule has 14 heavy (non-hydrogen) atoms. The molecule has 1 heterocycles. The number of hydrogen-bond donors (Lipinski definition) is 0. The first-order valence-corrected chi connectivity index (χ1v) is 5.17. The molecule has 2 nitrogen and oxygen atoms in total. The highest BCUT2D eigenvalue weighted by molar-refractivity contribution is 5.83. The third-order valence-corrected chi connectivity index (χ3v) is 3.09. The molecule has 2 unspecified atom stereocenters. The fraction of sp³-hybridized carbons (Fsp3) is 0.900. The monoisotopic (exact) mass is 203 g/mol. The molecule has 0 aromatic rings. The molecule has 2 fully saturated rings. The average Bonchev–Trinajstić information content (AvgIpc) is 2.74. The highest BCUT2D eigenvalue weighted by atomic mass is 19.3. The van der Waals surface area contributed by atoms with Crippen molar-refractivity contribution in [1.82, 2.24) is 4.90 Å². The van der Waals surface area contributed by atoms with Gasteiger partial charge in [0.1, 0.15) is 5.92 Å². The van der Waals surface area contributed by atoms with Crippen LogP contribution in [0.1, 0.15) is 26.2 Å². The topological polar surface area (TPSA) is 20.3 Å². The van der Waals surface area contributed by atoms with Gasteiger partial charge in [0.2, 0.25) is 5.91 Å². The molecule has 1 aliphatic heterocycles. The zero-order chi connectivity index (χ0) is 10.3. The number of carbonyl (C=O) groups is 1. The van der Waals surface area contributed by atoms with Crippen LogP contribution in [-0.4, -0.2) is 29.8 Å². The number of amides is 1. The Morgan fingerprint density at radius 1 is 1.50 bits per heavy atom. The summed E-state index contributed by atoms with van der Waals surface area (Å²) in [6.07, 6.45) is 1.81. The molecule has 1 saturated carbocycles. The van der Waals surface area contributed by atoms with Crippen LogP contribution in [0.15, 0.2) is 0 Å². The van der Waals surface area contributed by atoms with Gasteiger partial charge in [-0.1, -0.05) is 6.92 Å². The minimum atomic E-state index is -2.71. The summed E-state index contributed by atoms with van der Waals surface area (Å²) in [4.78, 5) is 13.2. The highest BCUT2D eigenvalue weighted by Crippen LogP contribution is 2.49. The van der Waals surface area contributed by atoms with Gasteiger partial charge in [0.05, 0.1) is 0 Å². The lowest BCUT2D eigenvalue weighted by molar-refractivity contribution is -0.136. The summed E-state index contributed by atoms with van der Waals surface area (Å²) >= 11 is 0. The summed E-state index contributed by atoms with van der Waals surface area (Å²) in [6, 6.07) is 0. The summed E-state index contributed by atoms with van der Waals surface area (Å²) in [5.41, 5.74) is 0. The van der Waals surface area contributed by atoms with Crippen LogP contribution < -0.4 is 0 Å². The fourth-order valence-corrected chi connectivity index (χ4v) is 2.09. The molecule has 2 rings (SSSR count). The van der Waals surface area contributed by atoms with Gasteiger partial charge in [-0.2, -0.15) is 0 Å². The fourth-order valence-electron chi connectivity index (χ4n) is 2.09. The molecule has 80 valence electrons. The lowest BCUT2D eigenvalue weighted by atomic mass is 10.00. The Morgan fingerprint density at radius 3 is 2.64 bits per heavy atom. The van der Waals surface area contributed by atoms with Crippen molar-refractivity contribution in [3.63, 3.8) is 0 Å². The molecule has 0 bridgehead atoms. The highest BCUT2D eigenvalue weighted by Gasteiger charge is 2.62. The Kier molecular flexibility index (Phi) is 2.24. The van der Waals surface area contributed by atoms with E-state index in [0.717, 1.165) is 12.8 Å². The Bertz CT molecular complexity index is 255. The summed E-state index contributed by atoms with van der Waals surface area (Å²) < 4.78 is 25.3. The standard InChI is InChI=1S/C10H15F2NO/c1-7-3-2-4-13(6-7)9(14)8-5-10(8,11)12/h7-8H,2-6H2,1H3. The summed E-state index contributed by atoms with van der Waals surface area (Å²) in [5.74, 6) is -3.59. The van der Waals surface area contributed by atoms with Crippen LogP contribution in [0.3, 0.4) is 0 Å². The van der Waals surface area contributed by atoms with E-state index in [1.54, 1.807) is 4.90 Å². The number of halogens is 2.